The fourth-order valence-corrected chi connectivity index (χ4v) is 3.39. The Kier molecular flexibility index (Phi) is 4.64. The number of hydrogen-bond acceptors (Lipinski definition) is 4. The van der Waals surface area contributed by atoms with Gasteiger partial charge in [-0.2, -0.15) is 0 Å². The third kappa shape index (κ3) is 3.17. The minimum absolute atomic E-state index is 0.0398. The molecule has 8 heteroatoms. The van der Waals surface area contributed by atoms with Gasteiger partial charge >= 0.3 is 0 Å². The molecule has 0 unspecified atom stereocenters. The standard InChI is InChI=1S/C16H20N4O4/c21-13(18-19-14(22)12-6-3-8-17-12)7-9-20-15(23)10-4-1-2-5-11(10)16(20)24/h3,6,8,10-11,17H,1-2,4-5,7,9H2,(H,18,21)(H,19,22)/t10-,11+. The normalized spacial score (nSPS) is 23.1. The van der Waals surface area contributed by atoms with E-state index in [4.69, 9.17) is 0 Å². The molecule has 0 aromatic carbocycles. The van der Waals surface area contributed by atoms with Crippen LogP contribution in [0.2, 0.25) is 0 Å². The Morgan fingerprint density at radius 3 is 2.38 bits per heavy atom. The van der Waals surface area contributed by atoms with Gasteiger partial charge in [-0.05, 0) is 25.0 Å². The fraction of sp³-hybridized carbons (Fsp3) is 0.500. The highest BCUT2D eigenvalue weighted by atomic mass is 16.2. The molecule has 1 aliphatic heterocycles. The predicted octanol–water partition coefficient (Wildman–Crippen LogP) is 0.341. The van der Waals surface area contributed by atoms with E-state index in [9.17, 15) is 19.2 Å². The molecule has 2 fully saturated rings. The summed E-state index contributed by atoms with van der Waals surface area (Å²) in [6, 6.07) is 3.24. The molecule has 1 aliphatic carbocycles. The molecule has 128 valence electrons. The number of carbonyl (C=O) groups is 4. The third-order valence-corrected chi connectivity index (χ3v) is 4.65. The van der Waals surface area contributed by atoms with E-state index in [1.807, 2.05) is 0 Å². The number of nitrogens with one attached hydrogen (secondary N) is 3. The van der Waals surface area contributed by atoms with Gasteiger partial charge in [0.15, 0.2) is 0 Å². The lowest BCUT2D eigenvalue weighted by Crippen LogP contribution is -2.43. The summed E-state index contributed by atoms with van der Waals surface area (Å²) in [5.41, 5.74) is 4.88. The number of rotatable bonds is 4. The van der Waals surface area contributed by atoms with Gasteiger partial charge in [-0.15, -0.1) is 0 Å². The van der Waals surface area contributed by atoms with E-state index < -0.39 is 11.8 Å². The van der Waals surface area contributed by atoms with Gasteiger partial charge in [-0.3, -0.25) is 34.9 Å². The summed E-state index contributed by atoms with van der Waals surface area (Å²) in [4.78, 5) is 52.0. The van der Waals surface area contributed by atoms with Gasteiger partial charge in [0, 0.05) is 19.2 Å². The molecular formula is C16H20N4O4. The van der Waals surface area contributed by atoms with Crippen LogP contribution in [0.4, 0.5) is 0 Å². The number of hydrogen-bond donors (Lipinski definition) is 3. The molecular weight excluding hydrogens is 312 g/mol. The topological polar surface area (TPSA) is 111 Å². The zero-order valence-corrected chi connectivity index (χ0v) is 13.2. The number of fused-ring (bicyclic) bond motifs is 1. The molecule has 3 N–H and O–H groups in total. The maximum absolute atomic E-state index is 12.3. The number of imide groups is 1. The number of carbonyl (C=O) groups excluding carboxylic acids is 4. The van der Waals surface area contributed by atoms with Crippen molar-refractivity contribution in [1.29, 1.82) is 0 Å². The van der Waals surface area contributed by atoms with Gasteiger partial charge in [-0.1, -0.05) is 12.8 Å². The van der Waals surface area contributed by atoms with E-state index in [1.54, 1.807) is 18.3 Å². The summed E-state index contributed by atoms with van der Waals surface area (Å²) in [5.74, 6) is -1.65. The summed E-state index contributed by atoms with van der Waals surface area (Å²) < 4.78 is 0. The van der Waals surface area contributed by atoms with Crippen LogP contribution in [0.15, 0.2) is 18.3 Å². The maximum Gasteiger partial charge on any atom is 0.286 e. The molecule has 8 nitrogen and oxygen atoms in total. The van der Waals surface area contributed by atoms with Crippen LogP contribution in [0.5, 0.6) is 0 Å². The Morgan fingerprint density at radius 1 is 1.12 bits per heavy atom. The molecule has 2 aliphatic rings. The monoisotopic (exact) mass is 332 g/mol. The number of nitrogens with zero attached hydrogens (tertiary/aromatic N) is 1. The van der Waals surface area contributed by atoms with E-state index in [0.717, 1.165) is 25.7 Å². The van der Waals surface area contributed by atoms with Crippen molar-refractivity contribution in [2.75, 3.05) is 6.54 Å². The molecule has 2 atom stereocenters. The number of aromatic amines is 1. The summed E-state index contributed by atoms with van der Waals surface area (Å²) in [7, 11) is 0. The molecule has 1 saturated heterocycles. The van der Waals surface area contributed by atoms with Crippen LogP contribution in [0.25, 0.3) is 0 Å². The SMILES string of the molecule is O=C(CCN1C(=O)[C@H]2CCCC[C@H]2C1=O)NNC(=O)c1ccc[nH]1. The second-order valence-electron chi connectivity index (χ2n) is 6.16. The van der Waals surface area contributed by atoms with Crippen LogP contribution in [-0.2, 0) is 14.4 Å². The first-order chi connectivity index (χ1) is 11.6. The second-order valence-corrected chi connectivity index (χ2v) is 6.16. The molecule has 3 rings (SSSR count). The molecule has 1 aromatic rings. The van der Waals surface area contributed by atoms with E-state index in [2.05, 4.69) is 15.8 Å². The molecule has 1 saturated carbocycles. The average Bonchev–Trinajstić information content (AvgIpc) is 3.20. The predicted molar refractivity (Wildman–Crippen MR) is 83.2 cm³/mol. The van der Waals surface area contributed by atoms with Crippen LogP contribution in [0.1, 0.15) is 42.6 Å². The van der Waals surface area contributed by atoms with E-state index in [0.29, 0.717) is 5.69 Å². The van der Waals surface area contributed by atoms with Crippen LogP contribution < -0.4 is 10.9 Å². The van der Waals surface area contributed by atoms with Crippen molar-refractivity contribution in [1.82, 2.24) is 20.7 Å². The Balaban J connectivity index is 1.47. The van der Waals surface area contributed by atoms with Gasteiger partial charge in [0.25, 0.3) is 5.91 Å². The third-order valence-electron chi connectivity index (χ3n) is 4.65. The summed E-state index contributed by atoms with van der Waals surface area (Å²) in [6.45, 7) is 0.0505. The van der Waals surface area contributed by atoms with Crippen LogP contribution in [-0.4, -0.2) is 40.1 Å². The Labute approximate surface area is 138 Å². The van der Waals surface area contributed by atoms with Gasteiger partial charge in [0.05, 0.1) is 11.8 Å². The molecule has 0 bridgehead atoms. The first-order valence-electron chi connectivity index (χ1n) is 8.15. The van der Waals surface area contributed by atoms with Crippen molar-refractivity contribution in [3.8, 4) is 0 Å². The quantitative estimate of drug-likeness (QED) is 0.545. The summed E-state index contributed by atoms with van der Waals surface area (Å²) >= 11 is 0. The summed E-state index contributed by atoms with van der Waals surface area (Å²) in [6.07, 6.45) is 5.01. The minimum Gasteiger partial charge on any atom is -0.357 e. The second kappa shape index (κ2) is 6.86. The number of hydrazine groups is 1. The lowest BCUT2D eigenvalue weighted by atomic mass is 9.81. The van der Waals surface area contributed by atoms with Crippen molar-refractivity contribution >= 4 is 23.6 Å². The molecule has 4 amide bonds. The van der Waals surface area contributed by atoms with E-state index >= 15 is 0 Å². The van der Waals surface area contributed by atoms with Gasteiger partial charge in [0.2, 0.25) is 17.7 Å². The van der Waals surface area contributed by atoms with Crippen molar-refractivity contribution in [2.24, 2.45) is 11.8 Å². The Morgan fingerprint density at radius 2 is 1.79 bits per heavy atom. The molecule has 0 spiro atoms. The van der Waals surface area contributed by atoms with Crippen molar-refractivity contribution in [2.45, 2.75) is 32.1 Å². The summed E-state index contributed by atoms with van der Waals surface area (Å²) in [5, 5.41) is 0. The van der Waals surface area contributed by atoms with Crippen LogP contribution in [0, 0.1) is 11.8 Å². The van der Waals surface area contributed by atoms with Gasteiger partial charge < -0.3 is 4.98 Å². The lowest BCUT2D eigenvalue weighted by molar-refractivity contribution is -0.140. The highest BCUT2D eigenvalue weighted by molar-refractivity contribution is 6.05. The van der Waals surface area contributed by atoms with Gasteiger partial charge in [-0.25, -0.2) is 0 Å². The minimum atomic E-state index is -0.465. The lowest BCUT2D eigenvalue weighted by Gasteiger charge is -2.19. The Bertz CT molecular complexity index is 631. The number of likely N-dealkylation sites (tertiary alicyclic amines) is 1. The van der Waals surface area contributed by atoms with E-state index in [-0.39, 0.29) is 36.6 Å². The van der Waals surface area contributed by atoms with Crippen molar-refractivity contribution in [3.63, 3.8) is 0 Å². The molecule has 0 radical (unpaired) electrons. The van der Waals surface area contributed by atoms with Crippen LogP contribution in [0.3, 0.4) is 0 Å². The zero-order valence-electron chi connectivity index (χ0n) is 13.2. The first kappa shape index (κ1) is 16.2. The van der Waals surface area contributed by atoms with Crippen molar-refractivity contribution in [3.05, 3.63) is 24.0 Å². The number of aromatic nitrogens is 1. The zero-order chi connectivity index (χ0) is 17.1. The fourth-order valence-electron chi connectivity index (χ4n) is 3.39. The number of H-pyrrole nitrogens is 1. The highest BCUT2D eigenvalue weighted by Gasteiger charge is 2.47. The molecule has 24 heavy (non-hydrogen) atoms. The highest BCUT2D eigenvalue weighted by Crippen LogP contribution is 2.37. The maximum atomic E-state index is 12.3. The Hall–Kier alpha value is -2.64. The molecule has 1 aromatic heterocycles. The smallest absolute Gasteiger partial charge is 0.286 e. The van der Waals surface area contributed by atoms with Crippen LogP contribution >= 0.6 is 0 Å². The van der Waals surface area contributed by atoms with Crippen molar-refractivity contribution < 1.29 is 19.2 Å². The molecule has 2 heterocycles. The number of amides is 4. The van der Waals surface area contributed by atoms with E-state index in [1.165, 1.54) is 4.90 Å². The van der Waals surface area contributed by atoms with Gasteiger partial charge in [0.1, 0.15) is 5.69 Å². The largest absolute Gasteiger partial charge is 0.357 e. The average molecular weight is 332 g/mol. The first-order valence-corrected chi connectivity index (χ1v) is 8.15.